The Balaban J connectivity index is 2.43. The van der Waals surface area contributed by atoms with Crippen LogP contribution in [-0.2, 0) is 6.54 Å². The number of fused-ring (bicyclic) bond motifs is 2. The molecule has 120 valence electrons. The number of pyridine rings is 1. The topological polar surface area (TPSA) is 40.5 Å². The van der Waals surface area contributed by atoms with Crippen LogP contribution in [0.4, 0.5) is 0 Å². The number of methoxy groups -OCH3 is 2. The first-order chi connectivity index (χ1) is 11.2. The van der Waals surface area contributed by atoms with Crippen LogP contribution in [0.3, 0.4) is 0 Å². The lowest BCUT2D eigenvalue weighted by Gasteiger charge is -2.16. The van der Waals surface area contributed by atoms with E-state index in [9.17, 15) is 4.79 Å². The molecule has 3 aromatic rings. The Bertz CT molecular complexity index is 844. The number of benzene rings is 2. The minimum absolute atomic E-state index is 0.0491. The molecule has 1 aromatic heterocycles. The second-order valence-electron chi connectivity index (χ2n) is 5.60. The number of hydrogen-bond donors (Lipinski definition) is 0. The maximum Gasteiger partial charge on any atom is 0.197 e. The predicted octanol–water partition coefficient (Wildman–Crippen LogP) is 3.97. The average molecular weight is 311 g/mol. The third-order valence-electron chi connectivity index (χ3n) is 4.22. The highest BCUT2D eigenvalue weighted by Crippen LogP contribution is 2.26. The van der Waals surface area contributed by atoms with Gasteiger partial charge in [0.2, 0.25) is 0 Å². The molecule has 0 unspecified atom stereocenters. The Morgan fingerprint density at radius 1 is 0.913 bits per heavy atom. The minimum atomic E-state index is 0.0491. The number of hydrogen-bond acceptors (Lipinski definition) is 3. The largest absolute Gasteiger partial charge is 0.497 e. The zero-order valence-corrected chi connectivity index (χ0v) is 13.8. The van der Waals surface area contributed by atoms with Crippen molar-refractivity contribution in [1.82, 2.24) is 4.57 Å². The van der Waals surface area contributed by atoms with Gasteiger partial charge in [0.1, 0.15) is 11.5 Å². The smallest absolute Gasteiger partial charge is 0.197 e. The summed E-state index contributed by atoms with van der Waals surface area (Å²) in [5, 5.41) is 1.44. The third kappa shape index (κ3) is 2.65. The second kappa shape index (κ2) is 6.32. The molecule has 23 heavy (non-hydrogen) atoms. The summed E-state index contributed by atoms with van der Waals surface area (Å²) in [6.45, 7) is 3.01. The number of unbranched alkanes of at least 4 members (excludes halogenated alkanes) is 1. The molecular formula is C19H21NO3. The number of nitrogens with zero attached hydrogens (tertiary/aromatic N) is 1. The van der Waals surface area contributed by atoms with Crippen molar-refractivity contribution in [1.29, 1.82) is 0 Å². The summed E-state index contributed by atoms with van der Waals surface area (Å²) in [7, 11) is 3.28. The molecule has 2 aromatic carbocycles. The van der Waals surface area contributed by atoms with Crippen LogP contribution in [0.1, 0.15) is 19.8 Å². The van der Waals surface area contributed by atoms with Crippen molar-refractivity contribution in [2.24, 2.45) is 0 Å². The van der Waals surface area contributed by atoms with E-state index in [0.29, 0.717) is 0 Å². The lowest BCUT2D eigenvalue weighted by Crippen LogP contribution is -2.12. The number of aromatic nitrogens is 1. The minimum Gasteiger partial charge on any atom is -0.497 e. The Morgan fingerprint density at radius 2 is 1.43 bits per heavy atom. The molecule has 0 spiro atoms. The van der Waals surface area contributed by atoms with Crippen LogP contribution < -0.4 is 14.9 Å². The Hall–Kier alpha value is -2.49. The van der Waals surface area contributed by atoms with Gasteiger partial charge in [-0.25, -0.2) is 0 Å². The lowest BCUT2D eigenvalue weighted by atomic mass is 10.1. The molecule has 0 bridgehead atoms. The molecule has 0 amide bonds. The molecular weight excluding hydrogens is 290 g/mol. The van der Waals surface area contributed by atoms with E-state index < -0.39 is 0 Å². The van der Waals surface area contributed by atoms with Crippen molar-refractivity contribution in [2.45, 2.75) is 26.3 Å². The first kappa shape index (κ1) is 15.4. The van der Waals surface area contributed by atoms with Gasteiger partial charge >= 0.3 is 0 Å². The molecule has 0 atom stereocenters. The van der Waals surface area contributed by atoms with E-state index in [-0.39, 0.29) is 5.43 Å². The SMILES string of the molecule is CCCCn1c2cc(OC)ccc2c(=O)c2ccc(OC)cc21. The van der Waals surface area contributed by atoms with Crippen LogP contribution in [-0.4, -0.2) is 18.8 Å². The average Bonchev–Trinajstić information content (AvgIpc) is 2.60. The highest BCUT2D eigenvalue weighted by molar-refractivity contribution is 5.94. The van der Waals surface area contributed by atoms with E-state index in [2.05, 4.69) is 11.5 Å². The van der Waals surface area contributed by atoms with Gasteiger partial charge in [-0.3, -0.25) is 4.79 Å². The molecule has 0 aliphatic rings. The fraction of sp³-hybridized carbons (Fsp3) is 0.316. The van der Waals surface area contributed by atoms with Crippen LogP contribution in [0.15, 0.2) is 41.2 Å². The maximum absolute atomic E-state index is 12.8. The lowest BCUT2D eigenvalue weighted by molar-refractivity contribution is 0.415. The van der Waals surface area contributed by atoms with Crippen molar-refractivity contribution >= 4 is 21.8 Å². The van der Waals surface area contributed by atoms with Crippen LogP contribution >= 0.6 is 0 Å². The summed E-state index contributed by atoms with van der Waals surface area (Å²) in [6, 6.07) is 11.2. The molecule has 0 N–H and O–H groups in total. The van der Waals surface area contributed by atoms with Gasteiger partial charge in [-0.1, -0.05) is 13.3 Å². The monoisotopic (exact) mass is 311 g/mol. The summed E-state index contributed by atoms with van der Waals surface area (Å²) in [4.78, 5) is 12.8. The molecule has 0 saturated heterocycles. The van der Waals surface area contributed by atoms with Gasteiger partial charge in [0.05, 0.1) is 25.3 Å². The molecule has 0 aliphatic carbocycles. The van der Waals surface area contributed by atoms with Crippen LogP contribution in [0.2, 0.25) is 0 Å². The van der Waals surface area contributed by atoms with Crippen molar-refractivity contribution in [3.05, 3.63) is 46.6 Å². The normalized spacial score (nSPS) is 11.1. The molecule has 4 nitrogen and oxygen atoms in total. The van der Waals surface area contributed by atoms with Crippen molar-refractivity contribution < 1.29 is 9.47 Å². The second-order valence-corrected chi connectivity index (χ2v) is 5.60. The van der Waals surface area contributed by atoms with Crippen LogP contribution in [0, 0.1) is 0 Å². The third-order valence-corrected chi connectivity index (χ3v) is 4.22. The van der Waals surface area contributed by atoms with E-state index in [4.69, 9.17) is 9.47 Å². The highest BCUT2D eigenvalue weighted by Gasteiger charge is 2.12. The van der Waals surface area contributed by atoms with Crippen molar-refractivity contribution in [3.63, 3.8) is 0 Å². The van der Waals surface area contributed by atoms with Gasteiger partial charge in [0.15, 0.2) is 5.43 Å². The fourth-order valence-electron chi connectivity index (χ4n) is 2.94. The van der Waals surface area contributed by atoms with E-state index in [1.807, 2.05) is 36.4 Å². The van der Waals surface area contributed by atoms with Crippen molar-refractivity contribution in [2.75, 3.05) is 14.2 Å². The summed E-state index contributed by atoms with van der Waals surface area (Å²) >= 11 is 0. The number of rotatable bonds is 5. The van der Waals surface area contributed by atoms with Gasteiger partial charge in [0.25, 0.3) is 0 Å². The number of ether oxygens (including phenoxy) is 2. The van der Waals surface area contributed by atoms with Crippen LogP contribution in [0.25, 0.3) is 21.8 Å². The van der Waals surface area contributed by atoms with Gasteiger partial charge in [-0.15, -0.1) is 0 Å². The van der Waals surface area contributed by atoms with Gasteiger partial charge < -0.3 is 14.0 Å². The fourth-order valence-corrected chi connectivity index (χ4v) is 2.94. The van der Waals surface area contributed by atoms with Gasteiger partial charge in [0, 0.05) is 29.4 Å². The highest BCUT2D eigenvalue weighted by atomic mass is 16.5. The molecule has 3 rings (SSSR count). The molecule has 1 heterocycles. The van der Waals surface area contributed by atoms with E-state index in [0.717, 1.165) is 52.7 Å². The molecule has 0 aliphatic heterocycles. The van der Waals surface area contributed by atoms with E-state index in [1.165, 1.54) is 0 Å². The first-order valence-electron chi connectivity index (χ1n) is 7.88. The predicted molar refractivity (Wildman–Crippen MR) is 93.7 cm³/mol. The quantitative estimate of drug-likeness (QED) is 0.669. The zero-order chi connectivity index (χ0) is 16.4. The summed E-state index contributed by atoms with van der Waals surface area (Å²) in [5.74, 6) is 1.51. The number of aryl methyl sites for hydroxylation is 1. The summed E-state index contributed by atoms with van der Waals surface area (Å²) in [6.07, 6.45) is 2.13. The first-order valence-corrected chi connectivity index (χ1v) is 7.88. The Morgan fingerprint density at radius 3 is 1.87 bits per heavy atom. The molecule has 0 fully saturated rings. The van der Waals surface area contributed by atoms with Gasteiger partial charge in [-0.05, 0) is 30.7 Å². The standard InChI is InChI=1S/C19H21NO3/c1-4-5-10-20-17-11-13(22-2)6-8-15(17)19(21)16-9-7-14(23-3)12-18(16)20/h6-9,11-12H,4-5,10H2,1-3H3. The molecule has 0 radical (unpaired) electrons. The molecule has 4 heteroatoms. The molecule has 0 saturated carbocycles. The Kier molecular flexibility index (Phi) is 4.24. The maximum atomic E-state index is 12.8. The van der Waals surface area contributed by atoms with Gasteiger partial charge in [-0.2, -0.15) is 0 Å². The Labute approximate surface area is 135 Å². The van der Waals surface area contributed by atoms with Crippen molar-refractivity contribution in [3.8, 4) is 11.5 Å². The summed E-state index contributed by atoms with van der Waals surface area (Å²) < 4.78 is 12.9. The summed E-state index contributed by atoms with van der Waals surface area (Å²) in [5.41, 5.74) is 1.86. The van der Waals surface area contributed by atoms with E-state index >= 15 is 0 Å². The van der Waals surface area contributed by atoms with E-state index in [1.54, 1.807) is 14.2 Å². The zero-order valence-electron chi connectivity index (χ0n) is 13.8. The van der Waals surface area contributed by atoms with Crippen LogP contribution in [0.5, 0.6) is 11.5 Å².